The van der Waals surface area contributed by atoms with E-state index in [9.17, 15) is 0 Å². The number of alkyl halides is 4. The fourth-order valence-electron chi connectivity index (χ4n) is 3.38. The Morgan fingerprint density at radius 1 is 0.846 bits per heavy atom. The van der Waals surface area contributed by atoms with Gasteiger partial charge in [0, 0.05) is 4.43 Å². The van der Waals surface area contributed by atoms with Crippen LogP contribution in [-0.4, -0.2) is 26.3 Å². The van der Waals surface area contributed by atoms with E-state index in [-0.39, 0.29) is 18.0 Å². The highest BCUT2D eigenvalue weighted by molar-refractivity contribution is 14.1. The van der Waals surface area contributed by atoms with E-state index in [1.54, 1.807) is 0 Å². The number of halogens is 4. The van der Waals surface area contributed by atoms with Crippen molar-refractivity contribution in [2.24, 2.45) is 4.99 Å². The van der Waals surface area contributed by atoms with Gasteiger partial charge in [-0.3, -0.25) is 0 Å². The number of nitrogens with zero attached hydrogens (tertiary/aromatic N) is 1. The fourth-order valence-corrected chi connectivity index (χ4v) is 4.43. The Hall–Kier alpha value is 1.07. The van der Waals surface area contributed by atoms with E-state index in [0.29, 0.717) is 0 Å². The van der Waals surface area contributed by atoms with E-state index in [4.69, 9.17) is 39.5 Å². The highest BCUT2D eigenvalue weighted by Crippen LogP contribution is 2.34. The molecule has 1 rings (SSSR count). The second-order valence-corrected chi connectivity index (χ2v) is 10.5. The van der Waals surface area contributed by atoms with Crippen molar-refractivity contribution in [3.63, 3.8) is 0 Å². The molecular formula is C20H35Cl3INO. The van der Waals surface area contributed by atoms with Crippen molar-refractivity contribution >= 4 is 63.3 Å². The molecule has 0 bridgehead atoms. The number of hydrogen-bond acceptors (Lipinski definition) is 2. The van der Waals surface area contributed by atoms with Crippen LogP contribution in [0, 0.1) is 0 Å². The average Bonchev–Trinajstić information content (AvgIpc) is 3.02. The molecule has 0 aromatic rings. The van der Waals surface area contributed by atoms with Crippen molar-refractivity contribution in [2.45, 2.75) is 113 Å². The molecule has 6 heteroatoms. The third-order valence-electron chi connectivity index (χ3n) is 4.97. The van der Waals surface area contributed by atoms with Gasteiger partial charge >= 0.3 is 0 Å². The van der Waals surface area contributed by atoms with E-state index in [1.165, 1.54) is 83.5 Å². The highest BCUT2D eigenvalue weighted by atomic mass is 127. The summed E-state index contributed by atoms with van der Waals surface area (Å²) < 4.78 is 5.03. The second kappa shape index (κ2) is 15.0. The largest absolute Gasteiger partial charge is 0.471 e. The minimum absolute atomic E-state index is 0.0542. The summed E-state index contributed by atoms with van der Waals surface area (Å²) >= 11 is 20.0. The molecule has 1 aliphatic heterocycles. The maximum atomic E-state index is 5.89. The summed E-state index contributed by atoms with van der Waals surface area (Å²) in [6, 6.07) is 0.144. The Kier molecular flexibility index (Phi) is 14.5. The molecule has 0 spiro atoms. The fraction of sp³-hybridized carbons (Fsp3) is 0.950. The molecule has 0 aromatic heterocycles. The lowest BCUT2D eigenvalue weighted by Crippen LogP contribution is -2.26. The van der Waals surface area contributed by atoms with E-state index in [1.807, 2.05) is 0 Å². The Morgan fingerprint density at radius 2 is 1.31 bits per heavy atom. The Morgan fingerprint density at radius 3 is 1.73 bits per heavy atom. The number of hydrogen-bond donors (Lipinski definition) is 0. The van der Waals surface area contributed by atoms with E-state index >= 15 is 0 Å². The molecule has 0 N–H and O–H groups in total. The summed E-state index contributed by atoms with van der Waals surface area (Å²) in [4.78, 5) is 4.50. The predicted molar refractivity (Wildman–Crippen MR) is 126 cm³/mol. The zero-order chi connectivity index (χ0) is 19.3. The lowest BCUT2D eigenvalue weighted by atomic mass is 10.0. The molecule has 0 saturated carbocycles. The lowest BCUT2D eigenvalue weighted by molar-refractivity contribution is 0.210. The minimum Gasteiger partial charge on any atom is -0.471 e. The monoisotopic (exact) mass is 537 g/mol. The number of aliphatic imine (C=N–C) groups is 1. The number of unbranched alkanes of at least 4 members (excludes halogenated alkanes) is 12. The van der Waals surface area contributed by atoms with Crippen LogP contribution in [0.5, 0.6) is 0 Å². The van der Waals surface area contributed by atoms with Gasteiger partial charge in [-0.1, -0.05) is 148 Å². The molecule has 0 amide bonds. The van der Waals surface area contributed by atoms with Gasteiger partial charge in [-0.2, -0.15) is 0 Å². The van der Waals surface area contributed by atoms with Crippen molar-refractivity contribution in [3.8, 4) is 0 Å². The maximum absolute atomic E-state index is 5.89. The first-order valence-electron chi connectivity index (χ1n) is 10.4. The molecule has 154 valence electrons. The van der Waals surface area contributed by atoms with Gasteiger partial charge in [0.15, 0.2) is 0 Å². The van der Waals surface area contributed by atoms with Crippen molar-refractivity contribution in [3.05, 3.63) is 0 Å². The van der Waals surface area contributed by atoms with Crippen molar-refractivity contribution in [1.29, 1.82) is 0 Å². The zero-order valence-corrected chi connectivity index (χ0v) is 20.6. The van der Waals surface area contributed by atoms with Crippen LogP contribution in [0.2, 0.25) is 0 Å². The molecule has 1 heterocycles. The van der Waals surface area contributed by atoms with Gasteiger partial charge in [-0.25, -0.2) is 4.99 Å². The van der Waals surface area contributed by atoms with Crippen molar-refractivity contribution < 1.29 is 4.74 Å². The molecule has 0 fully saturated rings. The van der Waals surface area contributed by atoms with Crippen LogP contribution in [0.3, 0.4) is 0 Å². The van der Waals surface area contributed by atoms with Gasteiger partial charge < -0.3 is 4.74 Å². The summed E-state index contributed by atoms with van der Waals surface area (Å²) in [5.41, 5.74) is 0. The molecule has 0 saturated heterocycles. The molecule has 0 aromatic carbocycles. The third kappa shape index (κ3) is 11.2. The van der Waals surface area contributed by atoms with Crippen LogP contribution < -0.4 is 0 Å². The van der Waals surface area contributed by atoms with Crippen LogP contribution in [0.15, 0.2) is 4.99 Å². The first kappa shape index (κ1) is 25.1. The quantitative estimate of drug-likeness (QED) is 0.116. The van der Waals surface area contributed by atoms with Gasteiger partial charge in [-0.05, 0) is 6.42 Å². The summed E-state index contributed by atoms with van der Waals surface area (Å²) in [6.45, 7) is 2.28. The topological polar surface area (TPSA) is 21.6 Å². The zero-order valence-electron chi connectivity index (χ0n) is 16.1. The normalized spacial score (nSPS) is 20.3. The standard InChI is InChI=1S/C20H35Cl3INO/c1-2-3-4-5-6-7-8-9-10-11-12-13-14-15-17-18(16-24)26-19(25-17)20(21,22)23/h17-18H,2-16H2,1H3. The molecule has 26 heavy (non-hydrogen) atoms. The summed E-state index contributed by atoms with van der Waals surface area (Å²) in [5.74, 6) is 0.267. The van der Waals surface area contributed by atoms with E-state index < -0.39 is 3.79 Å². The molecule has 1 aliphatic rings. The summed E-state index contributed by atoms with van der Waals surface area (Å²) in [5, 5.41) is 0. The number of rotatable bonds is 15. The highest BCUT2D eigenvalue weighted by Gasteiger charge is 2.39. The van der Waals surface area contributed by atoms with Gasteiger partial charge in [0.1, 0.15) is 6.10 Å². The van der Waals surface area contributed by atoms with Gasteiger partial charge in [0.2, 0.25) is 5.90 Å². The Balaban J connectivity index is 1.98. The van der Waals surface area contributed by atoms with Crippen LogP contribution >= 0.6 is 57.4 Å². The predicted octanol–water partition coefficient (Wildman–Crippen LogP) is 8.44. The average molecular weight is 539 g/mol. The Bertz CT molecular complexity index is 388. The first-order chi connectivity index (χ1) is 12.5. The SMILES string of the molecule is CCCCCCCCCCCCCCCC1N=C(C(Cl)(Cl)Cl)OC1CI. The maximum Gasteiger partial charge on any atom is 0.266 e. The smallest absolute Gasteiger partial charge is 0.266 e. The molecule has 0 radical (unpaired) electrons. The summed E-state index contributed by atoms with van der Waals surface area (Å²) in [6.07, 6.45) is 18.8. The van der Waals surface area contributed by atoms with Gasteiger partial charge in [0.05, 0.1) is 6.04 Å². The van der Waals surface area contributed by atoms with Gasteiger partial charge in [0.25, 0.3) is 3.79 Å². The summed E-state index contributed by atoms with van der Waals surface area (Å²) in [7, 11) is 0. The molecule has 2 nitrogen and oxygen atoms in total. The van der Waals surface area contributed by atoms with Crippen molar-refractivity contribution in [2.75, 3.05) is 4.43 Å². The van der Waals surface area contributed by atoms with Crippen LogP contribution in [0.4, 0.5) is 0 Å². The van der Waals surface area contributed by atoms with E-state index in [0.717, 1.165) is 10.8 Å². The number of ether oxygens (including phenoxy) is 1. The second-order valence-electron chi connectivity index (χ2n) is 7.34. The van der Waals surface area contributed by atoms with Gasteiger partial charge in [-0.15, -0.1) is 0 Å². The van der Waals surface area contributed by atoms with Crippen LogP contribution in [0.25, 0.3) is 0 Å². The molecule has 2 atom stereocenters. The lowest BCUT2D eigenvalue weighted by Gasteiger charge is -2.16. The van der Waals surface area contributed by atoms with E-state index in [2.05, 4.69) is 34.5 Å². The molecular weight excluding hydrogens is 503 g/mol. The van der Waals surface area contributed by atoms with Crippen LogP contribution in [-0.2, 0) is 4.74 Å². The molecule has 0 aliphatic carbocycles. The Labute approximate surface area is 189 Å². The minimum atomic E-state index is -1.53. The van der Waals surface area contributed by atoms with Crippen LogP contribution in [0.1, 0.15) is 96.8 Å². The van der Waals surface area contributed by atoms with Crippen molar-refractivity contribution in [1.82, 2.24) is 0 Å². The first-order valence-corrected chi connectivity index (χ1v) is 13.0. The molecule has 2 unspecified atom stereocenters. The third-order valence-corrected chi connectivity index (χ3v) is 6.33.